The van der Waals surface area contributed by atoms with Crippen LogP contribution in [-0.2, 0) is 0 Å². The number of benzene rings is 7. The van der Waals surface area contributed by atoms with Crippen LogP contribution in [-0.4, -0.2) is 16.6 Å². The maximum Gasteiger partial charge on any atom is 0.136 e. The predicted octanol–water partition coefficient (Wildman–Crippen LogP) is 11.0. The lowest BCUT2D eigenvalue weighted by Gasteiger charge is -2.33. The average Bonchev–Trinajstić information content (AvgIpc) is 3.96. The van der Waals surface area contributed by atoms with Gasteiger partial charge < -0.3 is 14.3 Å². The summed E-state index contributed by atoms with van der Waals surface area (Å²) in [5.41, 5.74) is 11.4. The minimum atomic E-state index is -0.181. The van der Waals surface area contributed by atoms with E-state index in [-0.39, 0.29) is 12.3 Å². The molecule has 2 atom stereocenters. The van der Waals surface area contributed by atoms with Crippen LogP contribution in [0.15, 0.2) is 173 Å². The SMILES string of the molecule is C1=c2oc3cc(-c4cccc5c4sc4cc(-n6c7ccccc7c7ccccc76)ccc45)ccc3c2=C(C2NC(c3ccccc3)=NC(c3ccccc3)N2)CC1. The average molecular weight is 753 g/mol. The molecule has 1 aliphatic carbocycles. The zero-order valence-corrected chi connectivity index (χ0v) is 31.8. The minimum absolute atomic E-state index is 0.115. The second-order valence-electron chi connectivity index (χ2n) is 15.1. The number of aliphatic imine (C=N–C) groups is 1. The molecule has 6 heteroatoms. The van der Waals surface area contributed by atoms with Crippen molar-refractivity contribution in [2.75, 3.05) is 0 Å². The molecule has 3 aromatic heterocycles. The summed E-state index contributed by atoms with van der Waals surface area (Å²) in [6.45, 7) is 0. The molecule has 272 valence electrons. The molecule has 0 bridgehead atoms. The topological polar surface area (TPSA) is 54.5 Å². The molecule has 2 N–H and O–H groups in total. The first-order valence-corrected chi connectivity index (χ1v) is 20.5. The summed E-state index contributed by atoms with van der Waals surface area (Å²) >= 11 is 1.87. The van der Waals surface area contributed by atoms with E-state index in [1.807, 2.05) is 17.4 Å². The maximum atomic E-state index is 6.73. The highest BCUT2D eigenvalue weighted by atomic mass is 32.1. The second-order valence-corrected chi connectivity index (χ2v) is 16.1. The van der Waals surface area contributed by atoms with Crippen LogP contribution >= 0.6 is 11.3 Å². The van der Waals surface area contributed by atoms with Crippen molar-refractivity contribution in [1.82, 2.24) is 15.2 Å². The van der Waals surface area contributed by atoms with Gasteiger partial charge in [-0.25, -0.2) is 4.99 Å². The van der Waals surface area contributed by atoms with Crippen LogP contribution in [0.2, 0.25) is 0 Å². The van der Waals surface area contributed by atoms with Crippen LogP contribution in [0, 0.1) is 0 Å². The van der Waals surface area contributed by atoms with Crippen LogP contribution in [0.5, 0.6) is 0 Å². The van der Waals surface area contributed by atoms with Gasteiger partial charge in [-0.2, -0.15) is 0 Å². The normalized spacial score (nSPS) is 16.9. The van der Waals surface area contributed by atoms with Crippen LogP contribution in [0.25, 0.3) is 81.4 Å². The van der Waals surface area contributed by atoms with Crippen LogP contribution in [0.4, 0.5) is 0 Å². The maximum absolute atomic E-state index is 6.73. The fraction of sp³-hybridized carbons (Fsp3) is 0.0784. The van der Waals surface area contributed by atoms with Crippen molar-refractivity contribution in [3.05, 3.63) is 186 Å². The van der Waals surface area contributed by atoms with Crippen molar-refractivity contribution in [1.29, 1.82) is 0 Å². The smallest absolute Gasteiger partial charge is 0.136 e. The van der Waals surface area contributed by atoms with E-state index >= 15 is 0 Å². The molecule has 5 nitrogen and oxygen atoms in total. The van der Waals surface area contributed by atoms with Crippen molar-refractivity contribution >= 4 is 81.8 Å². The van der Waals surface area contributed by atoms with Gasteiger partial charge in [-0.3, -0.25) is 5.32 Å². The fourth-order valence-corrected chi connectivity index (χ4v) is 10.4. The van der Waals surface area contributed by atoms with Crippen LogP contribution in [0.1, 0.15) is 30.1 Å². The Kier molecular flexibility index (Phi) is 7.37. The van der Waals surface area contributed by atoms with Crippen molar-refractivity contribution < 1.29 is 4.42 Å². The van der Waals surface area contributed by atoms with E-state index in [4.69, 9.17) is 9.41 Å². The third-order valence-corrected chi connectivity index (χ3v) is 13.0. The molecular formula is C51H36N4OS. The fourth-order valence-electron chi connectivity index (χ4n) is 9.17. The highest BCUT2D eigenvalue weighted by Crippen LogP contribution is 2.42. The van der Waals surface area contributed by atoms with Gasteiger partial charge in [0, 0.05) is 52.8 Å². The molecule has 2 unspecified atom stereocenters. The van der Waals surface area contributed by atoms with E-state index < -0.39 is 0 Å². The summed E-state index contributed by atoms with van der Waals surface area (Å²) in [5.74, 6) is 0.894. The molecule has 0 fully saturated rings. The number of hydrogen-bond acceptors (Lipinski definition) is 5. The summed E-state index contributed by atoms with van der Waals surface area (Å²) in [6, 6.07) is 58.8. The third kappa shape index (κ3) is 5.22. The first-order valence-electron chi connectivity index (χ1n) is 19.7. The molecule has 0 saturated heterocycles. The minimum Gasteiger partial charge on any atom is -0.456 e. The van der Waals surface area contributed by atoms with E-state index in [1.54, 1.807) is 0 Å². The van der Waals surface area contributed by atoms with Gasteiger partial charge in [0.05, 0.1) is 11.0 Å². The first kappa shape index (κ1) is 32.5. The van der Waals surface area contributed by atoms with Gasteiger partial charge in [0.1, 0.15) is 29.2 Å². The number of furan rings is 1. The Morgan fingerprint density at radius 2 is 1.35 bits per heavy atom. The Labute approximate surface area is 332 Å². The summed E-state index contributed by atoms with van der Waals surface area (Å²) < 4.78 is 11.7. The van der Waals surface area contributed by atoms with Gasteiger partial charge in [-0.05, 0) is 77.6 Å². The molecule has 1 aliphatic heterocycles. The number of fused-ring (bicyclic) bond motifs is 9. The zero-order chi connectivity index (χ0) is 37.5. The molecule has 0 amide bonds. The van der Waals surface area contributed by atoms with E-state index in [0.717, 1.165) is 51.8 Å². The Balaban J connectivity index is 0.962. The van der Waals surface area contributed by atoms with E-state index in [1.165, 1.54) is 64.0 Å². The quantitative estimate of drug-likeness (QED) is 0.184. The van der Waals surface area contributed by atoms with Crippen molar-refractivity contribution in [3.8, 4) is 16.8 Å². The number of nitrogens with zero attached hydrogens (tertiary/aromatic N) is 2. The Morgan fingerprint density at radius 3 is 2.16 bits per heavy atom. The van der Waals surface area contributed by atoms with Crippen molar-refractivity contribution in [2.24, 2.45) is 4.99 Å². The van der Waals surface area contributed by atoms with Gasteiger partial charge in [0.2, 0.25) is 0 Å². The molecule has 0 radical (unpaired) electrons. The first-order chi connectivity index (χ1) is 28.2. The summed E-state index contributed by atoms with van der Waals surface area (Å²) in [6.07, 6.45) is 3.80. The van der Waals surface area contributed by atoms with E-state index in [2.05, 4.69) is 179 Å². The standard InChI is InChI=1S/C51H36N4OS/c1-3-13-31(14-4-1)49-52-50(32-15-5-2-6-16-32)54-51(53-49)41-21-12-24-44-47(41)40-27-25-33(29-45(40)56-44)35-19-11-20-39-38-28-26-34(30-46(38)57-48(35)39)55-42-22-9-7-17-36(42)37-18-8-10-23-43(37)55/h1-11,13-20,22-30,49,51,53H,12,21H2,(H,52,54). The summed E-state index contributed by atoms with van der Waals surface area (Å²) in [5, 5.41) is 15.1. The molecule has 0 spiro atoms. The van der Waals surface area contributed by atoms with Crippen LogP contribution in [0.3, 0.4) is 0 Å². The van der Waals surface area contributed by atoms with Crippen molar-refractivity contribution in [2.45, 2.75) is 25.2 Å². The van der Waals surface area contributed by atoms with Gasteiger partial charge in [-0.15, -0.1) is 11.3 Å². The number of amidine groups is 1. The summed E-state index contributed by atoms with van der Waals surface area (Å²) in [4.78, 5) is 5.15. The zero-order valence-electron chi connectivity index (χ0n) is 30.9. The molecule has 12 rings (SSSR count). The Hall–Kier alpha value is -6.73. The lowest BCUT2D eigenvalue weighted by atomic mass is 9.96. The molecule has 0 saturated carbocycles. The summed E-state index contributed by atoms with van der Waals surface area (Å²) in [7, 11) is 0. The van der Waals surface area contributed by atoms with Gasteiger partial charge in [0.25, 0.3) is 0 Å². The molecule has 4 heterocycles. The number of aromatic nitrogens is 1. The van der Waals surface area contributed by atoms with E-state index in [0.29, 0.717) is 0 Å². The third-order valence-electron chi connectivity index (χ3n) is 11.8. The van der Waals surface area contributed by atoms with Crippen LogP contribution < -0.4 is 21.3 Å². The highest BCUT2D eigenvalue weighted by Gasteiger charge is 2.29. The number of hydrogen-bond donors (Lipinski definition) is 2. The lowest BCUT2D eigenvalue weighted by molar-refractivity contribution is 0.452. The molecule has 7 aromatic carbocycles. The van der Waals surface area contributed by atoms with Gasteiger partial charge in [-0.1, -0.05) is 127 Å². The monoisotopic (exact) mass is 752 g/mol. The largest absolute Gasteiger partial charge is 0.456 e. The second kappa shape index (κ2) is 12.9. The highest BCUT2D eigenvalue weighted by molar-refractivity contribution is 7.26. The predicted molar refractivity (Wildman–Crippen MR) is 237 cm³/mol. The number of para-hydroxylation sites is 2. The Morgan fingerprint density at radius 1 is 0.632 bits per heavy atom. The van der Waals surface area contributed by atoms with Gasteiger partial charge in [0.15, 0.2) is 0 Å². The molecule has 10 aromatic rings. The van der Waals surface area contributed by atoms with E-state index in [9.17, 15) is 0 Å². The lowest BCUT2D eigenvalue weighted by Crippen LogP contribution is -2.54. The Bertz CT molecular complexity index is 3320. The van der Waals surface area contributed by atoms with Crippen molar-refractivity contribution in [3.63, 3.8) is 0 Å². The number of nitrogens with one attached hydrogen (secondary N) is 2. The number of thiophene rings is 1. The van der Waals surface area contributed by atoms with Gasteiger partial charge >= 0.3 is 0 Å². The molecule has 2 aliphatic rings. The molecule has 57 heavy (non-hydrogen) atoms. The molecular weight excluding hydrogens is 717 g/mol. The number of rotatable bonds is 5.